The van der Waals surface area contributed by atoms with Crippen molar-refractivity contribution in [2.45, 2.75) is 25.9 Å². The van der Waals surface area contributed by atoms with Crippen LogP contribution in [-0.2, 0) is 34.8 Å². The van der Waals surface area contributed by atoms with E-state index in [0.717, 1.165) is 17.6 Å². The number of hydrogen-bond donors (Lipinski definition) is 1. The van der Waals surface area contributed by atoms with Gasteiger partial charge in [0, 0.05) is 26.2 Å². The highest BCUT2D eigenvalue weighted by molar-refractivity contribution is 7.88. The lowest BCUT2D eigenvalue weighted by Crippen LogP contribution is -2.47. The summed E-state index contributed by atoms with van der Waals surface area (Å²) in [6.45, 7) is 2.23. The summed E-state index contributed by atoms with van der Waals surface area (Å²) in [6, 6.07) is -0.940. The Balaban J connectivity index is 1.86. The molecule has 3 heterocycles. The number of hydrogen-bond acceptors (Lipinski definition) is 6. The minimum atomic E-state index is -3.54. The van der Waals surface area contributed by atoms with Crippen molar-refractivity contribution in [1.82, 2.24) is 29.1 Å². The molecule has 10 heteroatoms. The molecule has 1 N–H and O–H groups in total. The van der Waals surface area contributed by atoms with Gasteiger partial charge >= 0.3 is 0 Å². The molecule has 1 amide bonds. The number of sulfonamides is 1. The summed E-state index contributed by atoms with van der Waals surface area (Å²) in [5, 5.41) is 2.76. The average Bonchev–Trinajstić information content (AvgIpc) is 2.94. The zero-order chi connectivity index (χ0) is 18.2. The van der Waals surface area contributed by atoms with E-state index in [0.29, 0.717) is 17.8 Å². The average molecular weight is 364 g/mol. The van der Waals surface area contributed by atoms with Crippen molar-refractivity contribution in [3.63, 3.8) is 0 Å². The zero-order valence-electron chi connectivity index (χ0n) is 14.3. The molecule has 1 aliphatic rings. The molecule has 0 spiro atoms. The third-order valence-electron chi connectivity index (χ3n) is 4.13. The summed E-state index contributed by atoms with van der Waals surface area (Å²) in [5.74, 6) is -0.405. The Bertz CT molecular complexity index is 890. The van der Waals surface area contributed by atoms with Crippen molar-refractivity contribution in [2.75, 3.05) is 12.8 Å². The van der Waals surface area contributed by atoms with Crippen molar-refractivity contribution >= 4 is 15.9 Å². The highest BCUT2D eigenvalue weighted by atomic mass is 32.2. The molecule has 25 heavy (non-hydrogen) atoms. The van der Waals surface area contributed by atoms with E-state index in [2.05, 4.69) is 20.3 Å². The first-order chi connectivity index (χ1) is 11.8. The zero-order valence-corrected chi connectivity index (χ0v) is 15.1. The molecule has 2 aromatic rings. The number of imidazole rings is 1. The summed E-state index contributed by atoms with van der Waals surface area (Å²) >= 11 is 0. The standard InChI is InChI=1S/C15H20N6O3S/c1-10-6-17-11(7-16-10)8-18-15(22)14-13-12(19-9-20(13)2)4-5-21(14)25(3,23)24/h6-7,9,14H,4-5,8H2,1-3H3,(H,18,22). The maximum absolute atomic E-state index is 12.8. The normalized spacial score (nSPS) is 18.0. The van der Waals surface area contributed by atoms with Crippen LogP contribution in [0.5, 0.6) is 0 Å². The number of rotatable bonds is 4. The Morgan fingerprint density at radius 2 is 2.08 bits per heavy atom. The molecule has 9 nitrogen and oxygen atoms in total. The van der Waals surface area contributed by atoms with Crippen LogP contribution >= 0.6 is 0 Å². The Hall–Kier alpha value is -2.33. The molecule has 0 aliphatic carbocycles. The molecule has 1 aliphatic heterocycles. The lowest BCUT2D eigenvalue weighted by molar-refractivity contribution is -0.125. The van der Waals surface area contributed by atoms with Crippen LogP contribution in [-0.4, -0.2) is 50.9 Å². The van der Waals surface area contributed by atoms with Gasteiger partial charge in [0.2, 0.25) is 15.9 Å². The number of carbonyl (C=O) groups is 1. The fourth-order valence-corrected chi connectivity index (χ4v) is 3.91. The van der Waals surface area contributed by atoms with Gasteiger partial charge in [-0.05, 0) is 6.92 Å². The predicted octanol–water partition coefficient (Wildman–Crippen LogP) is -0.306. The van der Waals surface area contributed by atoms with Crippen LogP contribution in [0.25, 0.3) is 0 Å². The van der Waals surface area contributed by atoms with Crippen molar-refractivity contribution in [3.05, 3.63) is 41.5 Å². The van der Waals surface area contributed by atoms with E-state index in [1.54, 1.807) is 30.3 Å². The second-order valence-corrected chi connectivity index (χ2v) is 8.02. The molecule has 0 bridgehead atoms. The quantitative estimate of drug-likeness (QED) is 0.797. The van der Waals surface area contributed by atoms with E-state index in [9.17, 15) is 13.2 Å². The Morgan fingerprint density at radius 3 is 2.72 bits per heavy atom. The Kier molecular flexibility index (Phi) is 4.56. The number of nitrogens with zero attached hydrogens (tertiary/aromatic N) is 5. The van der Waals surface area contributed by atoms with Gasteiger partial charge in [-0.1, -0.05) is 0 Å². The Morgan fingerprint density at radius 1 is 1.32 bits per heavy atom. The fourth-order valence-electron chi connectivity index (χ4n) is 2.91. The van der Waals surface area contributed by atoms with Crippen LogP contribution in [0.1, 0.15) is 28.8 Å². The monoisotopic (exact) mass is 364 g/mol. The highest BCUT2D eigenvalue weighted by Crippen LogP contribution is 2.30. The van der Waals surface area contributed by atoms with Gasteiger partial charge in [-0.2, -0.15) is 4.31 Å². The van der Waals surface area contributed by atoms with Crippen LogP contribution in [0.15, 0.2) is 18.7 Å². The van der Waals surface area contributed by atoms with Crippen LogP contribution in [0.4, 0.5) is 0 Å². The van der Waals surface area contributed by atoms with Crippen molar-refractivity contribution < 1.29 is 13.2 Å². The number of aromatic nitrogens is 4. The number of amides is 1. The molecule has 0 fully saturated rings. The topological polar surface area (TPSA) is 110 Å². The third-order valence-corrected chi connectivity index (χ3v) is 5.38. The smallest absolute Gasteiger partial charge is 0.244 e. The third kappa shape index (κ3) is 3.54. The second-order valence-electron chi connectivity index (χ2n) is 6.08. The molecular formula is C15H20N6O3S. The van der Waals surface area contributed by atoms with E-state index >= 15 is 0 Å². The maximum Gasteiger partial charge on any atom is 0.244 e. The number of fused-ring (bicyclic) bond motifs is 1. The van der Waals surface area contributed by atoms with E-state index in [-0.39, 0.29) is 13.1 Å². The van der Waals surface area contributed by atoms with Crippen molar-refractivity contribution in [3.8, 4) is 0 Å². The van der Waals surface area contributed by atoms with Crippen LogP contribution in [0, 0.1) is 6.92 Å². The molecule has 1 unspecified atom stereocenters. The fraction of sp³-hybridized carbons (Fsp3) is 0.467. The summed E-state index contributed by atoms with van der Waals surface area (Å²) in [6.07, 6.45) is 6.39. The van der Waals surface area contributed by atoms with Gasteiger partial charge < -0.3 is 9.88 Å². The van der Waals surface area contributed by atoms with Gasteiger partial charge in [0.05, 0.1) is 48.1 Å². The molecule has 1 atom stereocenters. The first kappa shape index (κ1) is 17.5. The molecule has 3 rings (SSSR count). The van der Waals surface area contributed by atoms with E-state index in [1.165, 1.54) is 4.31 Å². The molecule has 134 valence electrons. The molecule has 2 aromatic heterocycles. The molecule has 0 saturated heterocycles. The molecule has 0 radical (unpaired) electrons. The maximum atomic E-state index is 12.8. The first-order valence-corrected chi connectivity index (χ1v) is 9.64. The molecular weight excluding hydrogens is 344 g/mol. The minimum absolute atomic E-state index is 0.174. The van der Waals surface area contributed by atoms with Gasteiger partial charge in [-0.15, -0.1) is 0 Å². The first-order valence-electron chi connectivity index (χ1n) is 7.79. The summed E-state index contributed by atoms with van der Waals surface area (Å²) < 4.78 is 27.2. The number of nitrogens with one attached hydrogen (secondary N) is 1. The summed E-state index contributed by atoms with van der Waals surface area (Å²) in [4.78, 5) is 25.4. The van der Waals surface area contributed by atoms with Crippen LogP contribution < -0.4 is 5.32 Å². The number of carbonyl (C=O) groups excluding carboxylic acids is 1. The van der Waals surface area contributed by atoms with Crippen molar-refractivity contribution in [1.29, 1.82) is 0 Å². The predicted molar refractivity (Wildman–Crippen MR) is 89.8 cm³/mol. The van der Waals surface area contributed by atoms with Crippen molar-refractivity contribution in [2.24, 2.45) is 7.05 Å². The van der Waals surface area contributed by atoms with Gasteiger partial charge in [0.15, 0.2) is 0 Å². The largest absolute Gasteiger partial charge is 0.349 e. The highest BCUT2D eigenvalue weighted by Gasteiger charge is 2.40. The minimum Gasteiger partial charge on any atom is -0.349 e. The Labute approximate surface area is 146 Å². The van der Waals surface area contributed by atoms with Gasteiger partial charge in [-0.3, -0.25) is 14.8 Å². The van der Waals surface area contributed by atoms with Crippen LogP contribution in [0.3, 0.4) is 0 Å². The molecule has 0 aromatic carbocycles. The number of aryl methyl sites for hydroxylation is 2. The van der Waals surface area contributed by atoms with E-state index in [1.807, 2.05) is 6.92 Å². The van der Waals surface area contributed by atoms with E-state index < -0.39 is 22.0 Å². The SMILES string of the molecule is Cc1cnc(CNC(=O)C2c3c(ncn3C)CCN2S(C)(=O)=O)cn1. The lowest BCUT2D eigenvalue weighted by Gasteiger charge is -2.32. The lowest BCUT2D eigenvalue weighted by atomic mass is 10.0. The van der Waals surface area contributed by atoms with Gasteiger partial charge in [0.25, 0.3) is 0 Å². The van der Waals surface area contributed by atoms with Gasteiger partial charge in [-0.25, -0.2) is 13.4 Å². The second kappa shape index (κ2) is 6.52. The summed E-state index contributed by atoms with van der Waals surface area (Å²) in [5.41, 5.74) is 2.73. The van der Waals surface area contributed by atoms with Crippen LogP contribution in [0.2, 0.25) is 0 Å². The molecule has 0 saturated carbocycles. The van der Waals surface area contributed by atoms with E-state index in [4.69, 9.17) is 0 Å². The van der Waals surface area contributed by atoms with Gasteiger partial charge in [0.1, 0.15) is 6.04 Å². The summed E-state index contributed by atoms with van der Waals surface area (Å²) in [7, 11) is -1.79.